The molecule has 102 valence electrons. The summed E-state index contributed by atoms with van der Waals surface area (Å²) in [5.74, 6) is 1.57. The van der Waals surface area contributed by atoms with Crippen molar-refractivity contribution in [2.75, 3.05) is 7.05 Å². The van der Waals surface area contributed by atoms with E-state index in [1.807, 2.05) is 19.1 Å². The SMILES string of the molecule is CNC(c1ccc(C)o1)c1ccccc1OC(F)F. The maximum Gasteiger partial charge on any atom is 0.387 e. The molecule has 0 aliphatic rings. The van der Waals surface area contributed by atoms with Crippen molar-refractivity contribution in [3.63, 3.8) is 0 Å². The van der Waals surface area contributed by atoms with Crippen LogP contribution >= 0.6 is 0 Å². The molecule has 1 N–H and O–H groups in total. The van der Waals surface area contributed by atoms with Crippen molar-refractivity contribution < 1.29 is 17.9 Å². The largest absolute Gasteiger partial charge is 0.464 e. The van der Waals surface area contributed by atoms with Crippen LogP contribution in [0.25, 0.3) is 0 Å². The van der Waals surface area contributed by atoms with Crippen molar-refractivity contribution in [2.24, 2.45) is 0 Å². The molecule has 2 aromatic rings. The zero-order chi connectivity index (χ0) is 13.8. The molecule has 1 aromatic heterocycles. The van der Waals surface area contributed by atoms with E-state index in [2.05, 4.69) is 10.1 Å². The Labute approximate surface area is 110 Å². The highest BCUT2D eigenvalue weighted by atomic mass is 19.3. The van der Waals surface area contributed by atoms with E-state index in [0.717, 1.165) is 5.76 Å². The Morgan fingerprint density at radius 1 is 1.16 bits per heavy atom. The van der Waals surface area contributed by atoms with Gasteiger partial charge in [-0.3, -0.25) is 0 Å². The minimum Gasteiger partial charge on any atom is -0.464 e. The van der Waals surface area contributed by atoms with Crippen LogP contribution in [-0.2, 0) is 0 Å². The number of nitrogens with one attached hydrogen (secondary N) is 1. The number of benzene rings is 1. The van der Waals surface area contributed by atoms with Crippen molar-refractivity contribution in [1.29, 1.82) is 0 Å². The lowest BCUT2D eigenvalue weighted by atomic mass is 10.0. The third-order valence-corrected chi connectivity index (χ3v) is 2.78. The minimum absolute atomic E-state index is 0.144. The molecule has 1 atom stereocenters. The fourth-order valence-corrected chi connectivity index (χ4v) is 1.98. The molecular weight excluding hydrogens is 252 g/mol. The van der Waals surface area contributed by atoms with E-state index in [9.17, 15) is 8.78 Å². The number of para-hydroxylation sites is 1. The molecule has 0 fully saturated rings. The topological polar surface area (TPSA) is 34.4 Å². The maximum absolute atomic E-state index is 12.4. The summed E-state index contributed by atoms with van der Waals surface area (Å²) in [6, 6.07) is 9.99. The summed E-state index contributed by atoms with van der Waals surface area (Å²) in [7, 11) is 1.74. The molecule has 1 unspecified atom stereocenters. The summed E-state index contributed by atoms with van der Waals surface area (Å²) in [6.45, 7) is -1.02. The third kappa shape index (κ3) is 3.12. The number of furan rings is 1. The first kappa shape index (κ1) is 13.5. The van der Waals surface area contributed by atoms with E-state index < -0.39 is 6.61 Å². The van der Waals surface area contributed by atoms with Gasteiger partial charge in [0, 0.05) is 5.56 Å². The van der Waals surface area contributed by atoms with Gasteiger partial charge in [0.05, 0.1) is 6.04 Å². The van der Waals surface area contributed by atoms with Crippen LogP contribution in [0.5, 0.6) is 5.75 Å². The summed E-state index contributed by atoms with van der Waals surface area (Å²) in [5, 5.41) is 3.04. The summed E-state index contributed by atoms with van der Waals surface area (Å²) in [5.41, 5.74) is 0.611. The molecule has 0 spiro atoms. The second-order valence-corrected chi connectivity index (χ2v) is 4.09. The van der Waals surface area contributed by atoms with E-state index >= 15 is 0 Å². The predicted molar refractivity (Wildman–Crippen MR) is 67.4 cm³/mol. The molecule has 0 bridgehead atoms. The quantitative estimate of drug-likeness (QED) is 0.900. The van der Waals surface area contributed by atoms with Gasteiger partial charge in [-0.2, -0.15) is 8.78 Å². The number of rotatable bonds is 5. The normalized spacial score (nSPS) is 12.7. The van der Waals surface area contributed by atoms with Crippen LogP contribution in [0.1, 0.15) is 23.1 Å². The predicted octanol–water partition coefficient (Wildman–Crippen LogP) is 3.50. The molecule has 1 heterocycles. The molecule has 0 radical (unpaired) electrons. The maximum atomic E-state index is 12.4. The number of aryl methyl sites for hydroxylation is 1. The third-order valence-electron chi connectivity index (χ3n) is 2.78. The van der Waals surface area contributed by atoms with Gasteiger partial charge in [0.1, 0.15) is 17.3 Å². The Hall–Kier alpha value is -1.88. The first-order chi connectivity index (χ1) is 9.11. The second kappa shape index (κ2) is 5.84. The van der Waals surface area contributed by atoms with Gasteiger partial charge in [-0.15, -0.1) is 0 Å². The molecule has 2 rings (SSSR count). The highest BCUT2D eigenvalue weighted by molar-refractivity contribution is 5.39. The Balaban J connectivity index is 2.38. The minimum atomic E-state index is -2.85. The Kier molecular flexibility index (Phi) is 4.16. The van der Waals surface area contributed by atoms with E-state index in [4.69, 9.17) is 4.42 Å². The number of alkyl halides is 2. The first-order valence-corrected chi connectivity index (χ1v) is 5.89. The van der Waals surface area contributed by atoms with Gasteiger partial charge in [-0.1, -0.05) is 18.2 Å². The van der Waals surface area contributed by atoms with E-state index in [1.165, 1.54) is 6.07 Å². The Morgan fingerprint density at radius 2 is 1.89 bits per heavy atom. The van der Waals surface area contributed by atoms with Gasteiger partial charge in [0.2, 0.25) is 0 Å². The van der Waals surface area contributed by atoms with Crippen molar-refractivity contribution in [3.05, 3.63) is 53.5 Å². The lowest BCUT2D eigenvalue weighted by Gasteiger charge is -2.18. The van der Waals surface area contributed by atoms with Crippen LogP contribution in [0.4, 0.5) is 8.78 Å². The summed E-state index contributed by atoms with van der Waals surface area (Å²) >= 11 is 0. The molecule has 5 heteroatoms. The average Bonchev–Trinajstić information content (AvgIpc) is 2.78. The van der Waals surface area contributed by atoms with Crippen molar-refractivity contribution >= 4 is 0 Å². The van der Waals surface area contributed by atoms with Crippen molar-refractivity contribution in [2.45, 2.75) is 19.6 Å². The lowest BCUT2D eigenvalue weighted by molar-refractivity contribution is -0.0506. The highest BCUT2D eigenvalue weighted by Gasteiger charge is 2.20. The van der Waals surface area contributed by atoms with Gasteiger partial charge in [-0.25, -0.2) is 0 Å². The molecule has 0 saturated carbocycles. The van der Waals surface area contributed by atoms with Gasteiger partial charge in [0.15, 0.2) is 0 Å². The van der Waals surface area contributed by atoms with Crippen molar-refractivity contribution in [3.8, 4) is 5.75 Å². The summed E-state index contributed by atoms with van der Waals surface area (Å²) in [4.78, 5) is 0. The fourth-order valence-electron chi connectivity index (χ4n) is 1.98. The summed E-state index contributed by atoms with van der Waals surface area (Å²) < 4.78 is 34.9. The van der Waals surface area contributed by atoms with E-state index in [-0.39, 0.29) is 11.8 Å². The standard InChI is InChI=1S/C14H15F2NO2/c1-9-7-8-12(18-9)13(17-2)10-5-3-4-6-11(10)19-14(15)16/h3-8,13-14,17H,1-2H3. The monoisotopic (exact) mass is 267 g/mol. The average molecular weight is 267 g/mol. The molecule has 19 heavy (non-hydrogen) atoms. The molecule has 0 amide bonds. The molecule has 3 nitrogen and oxygen atoms in total. The van der Waals surface area contributed by atoms with E-state index in [1.54, 1.807) is 25.2 Å². The number of hydrogen-bond donors (Lipinski definition) is 1. The van der Waals surface area contributed by atoms with Crippen molar-refractivity contribution in [1.82, 2.24) is 5.32 Å². The van der Waals surface area contributed by atoms with Crippen LogP contribution in [0.2, 0.25) is 0 Å². The van der Waals surface area contributed by atoms with Crippen LogP contribution in [0, 0.1) is 6.92 Å². The number of halogens is 2. The second-order valence-electron chi connectivity index (χ2n) is 4.09. The molecular formula is C14H15F2NO2. The zero-order valence-corrected chi connectivity index (χ0v) is 10.7. The number of hydrogen-bond acceptors (Lipinski definition) is 3. The van der Waals surface area contributed by atoms with Crippen LogP contribution in [0.3, 0.4) is 0 Å². The van der Waals surface area contributed by atoms with Crippen LogP contribution in [0.15, 0.2) is 40.8 Å². The lowest BCUT2D eigenvalue weighted by Crippen LogP contribution is -2.18. The van der Waals surface area contributed by atoms with Gasteiger partial charge in [0.25, 0.3) is 0 Å². The number of ether oxygens (including phenoxy) is 1. The van der Waals surface area contributed by atoms with Gasteiger partial charge < -0.3 is 14.5 Å². The van der Waals surface area contributed by atoms with Gasteiger partial charge >= 0.3 is 6.61 Å². The Bertz CT molecular complexity index is 540. The summed E-state index contributed by atoms with van der Waals surface area (Å²) in [6.07, 6.45) is 0. The van der Waals surface area contributed by atoms with E-state index in [0.29, 0.717) is 11.3 Å². The zero-order valence-electron chi connectivity index (χ0n) is 10.7. The van der Waals surface area contributed by atoms with Crippen LogP contribution < -0.4 is 10.1 Å². The fraction of sp³-hybridized carbons (Fsp3) is 0.286. The molecule has 0 aliphatic heterocycles. The molecule has 0 aliphatic carbocycles. The first-order valence-electron chi connectivity index (χ1n) is 5.89. The smallest absolute Gasteiger partial charge is 0.387 e. The van der Waals surface area contributed by atoms with Crippen LogP contribution in [-0.4, -0.2) is 13.7 Å². The van der Waals surface area contributed by atoms with Gasteiger partial charge in [-0.05, 0) is 32.2 Å². The molecule has 0 saturated heterocycles. The molecule has 1 aromatic carbocycles. The Morgan fingerprint density at radius 3 is 2.47 bits per heavy atom. The highest BCUT2D eigenvalue weighted by Crippen LogP contribution is 2.31.